The predicted octanol–water partition coefficient (Wildman–Crippen LogP) is 3.59. The second kappa shape index (κ2) is 5.19. The van der Waals surface area contributed by atoms with E-state index in [4.69, 9.17) is 11.6 Å². The van der Waals surface area contributed by atoms with Crippen LogP contribution < -0.4 is 4.72 Å². The molecule has 1 N–H and O–H groups in total. The fraction of sp³-hybridized carbons (Fsp3) is 0.0769. The van der Waals surface area contributed by atoms with Crippen LogP contribution in [0.5, 0.6) is 0 Å². The maximum Gasteiger partial charge on any atom is 0.262 e. The van der Waals surface area contributed by atoms with Crippen LogP contribution in [0, 0.1) is 12.7 Å². The SMILES string of the molecule is Cc1ccc(Cl)cc1S(=O)(=O)Nc1cccc(F)c1. The Kier molecular flexibility index (Phi) is 3.78. The third-order valence-electron chi connectivity index (χ3n) is 2.52. The minimum absolute atomic E-state index is 0.0734. The van der Waals surface area contributed by atoms with Crippen LogP contribution >= 0.6 is 11.6 Å². The van der Waals surface area contributed by atoms with Gasteiger partial charge in [-0.3, -0.25) is 4.72 Å². The van der Waals surface area contributed by atoms with Crippen molar-refractivity contribution in [2.75, 3.05) is 4.72 Å². The quantitative estimate of drug-likeness (QED) is 0.941. The van der Waals surface area contributed by atoms with E-state index in [9.17, 15) is 12.8 Å². The van der Waals surface area contributed by atoms with Gasteiger partial charge in [0.25, 0.3) is 10.0 Å². The molecular formula is C13H11ClFNO2S. The lowest BCUT2D eigenvalue weighted by Gasteiger charge is -2.10. The van der Waals surface area contributed by atoms with Gasteiger partial charge in [0.1, 0.15) is 5.82 Å². The fourth-order valence-electron chi connectivity index (χ4n) is 1.63. The summed E-state index contributed by atoms with van der Waals surface area (Å²) in [5.41, 5.74) is 0.729. The van der Waals surface area contributed by atoms with Gasteiger partial charge in [-0.25, -0.2) is 12.8 Å². The summed E-state index contributed by atoms with van der Waals surface area (Å²) in [6, 6.07) is 9.83. The maximum absolute atomic E-state index is 13.0. The Hall–Kier alpha value is -1.59. The predicted molar refractivity (Wildman–Crippen MR) is 73.4 cm³/mol. The second-order valence-electron chi connectivity index (χ2n) is 4.03. The van der Waals surface area contributed by atoms with E-state index < -0.39 is 15.8 Å². The number of aryl methyl sites for hydroxylation is 1. The molecule has 2 aromatic rings. The van der Waals surface area contributed by atoms with E-state index in [-0.39, 0.29) is 10.6 Å². The van der Waals surface area contributed by atoms with E-state index in [1.54, 1.807) is 19.1 Å². The first kappa shape index (κ1) is 13.8. The average molecular weight is 300 g/mol. The van der Waals surface area contributed by atoms with Gasteiger partial charge in [0.2, 0.25) is 0 Å². The van der Waals surface area contributed by atoms with E-state index >= 15 is 0 Å². The molecule has 0 aliphatic rings. The number of hydrogen-bond acceptors (Lipinski definition) is 2. The Balaban J connectivity index is 2.40. The molecule has 0 aliphatic heterocycles. The van der Waals surface area contributed by atoms with Gasteiger partial charge in [0, 0.05) is 5.02 Å². The maximum atomic E-state index is 13.0. The highest BCUT2D eigenvalue weighted by Crippen LogP contribution is 2.23. The highest BCUT2D eigenvalue weighted by Gasteiger charge is 2.17. The summed E-state index contributed by atoms with van der Waals surface area (Å²) in [6.45, 7) is 1.66. The fourth-order valence-corrected chi connectivity index (χ4v) is 3.18. The summed E-state index contributed by atoms with van der Waals surface area (Å²) in [6.07, 6.45) is 0. The minimum atomic E-state index is -3.78. The number of hydrogen-bond donors (Lipinski definition) is 1. The molecule has 6 heteroatoms. The number of rotatable bonds is 3. The van der Waals surface area contributed by atoms with Crippen LogP contribution in [0.2, 0.25) is 5.02 Å². The topological polar surface area (TPSA) is 46.2 Å². The Labute approximate surface area is 116 Å². The molecule has 100 valence electrons. The summed E-state index contributed by atoms with van der Waals surface area (Å²) in [4.78, 5) is 0.0734. The van der Waals surface area contributed by atoms with E-state index in [0.29, 0.717) is 10.6 Å². The summed E-state index contributed by atoms with van der Waals surface area (Å²) >= 11 is 5.80. The van der Waals surface area contributed by atoms with Crippen molar-refractivity contribution in [3.63, 3.8) is 0 Å². The molecule has 3 nitrogen and oxygen atoms in total. The van der Waals surface area contributed by atoms with Gasteiger partial charge in [-0.1, -0.05) is 23.7 Å². The number of nitrogens with one attached hydrogen (secondary N) is 1. The molecule has 0 aromatic heterocycles. The molecule has 0 heterocycles. The van der Waals surface area contributed by atoms with Crippen LogP contribution in [-0.4, -0.2) is 8.42 Å². The summed E-state index contributed by atoms with van der Waals surface area (Å²) < 4.78 is 39.7. The number of sulfonamides is 1. The molecule has 0 bridgehead atoms. The van der Waals surface area contributed by atoms with Crippen LogP contribution in [0.1, 0.15) is 5.56 Å². The molecule has 0 saturated heterocycles. The monoisotopic (exact) mass is 299 g/mol. The largest absolute Gasteiger partial charge is 0.280 e. The molecular weight excluding hydrogens is 289 g/mol. The van der Waals surface area contributed by atoms with E-state index in [1.807, 2.05) is 0 Å². The molecule has 0 amide bonds. The second-order valence-corrected chi connectivity index (χ2v) is 6.11. The smallest absolute Gasteiger partial charge is 0.262 e. The van der Waals surface area contributed by atoms with Crippen molar-refractivity contribution in [1.29, 1.82) is 0 Å². The van der Waals surface area contributed by atoms with Gasteiger partial charge in [-0.2, -0.15) is 0 Å². The Bertz CT molecular complexity index is 716. The van der Waals surface area contributed by atoms with Crippen molar-refractivity contribution in [2.24, 2.45) is 0 Å². The summed E-state index contributed by atoms with van der Waals surface area (Å²) in [7, 11) is -3.78. The molecule has 0 unspecified atom stereocenters. The zero-order valence-electron chi connectivity index (χ0n) is 10.0. The van der Waals surface area contributed by atoms with Crippen molar-refractivity contribution in [2.45, 2.75) is 11.8 Å². The molecule has 0 saturated carbocycles. The van der Waals surface area contributed by atoms with Crippen molar-refractivity contribution in [3.8, 4) is 0 Å². The molecule has 0 atom stereocenters. The Morgan fingerprint density at radius 2 is 1.89 bits per heavy atom. The van der Waals surface area contributed by atoms with Crippen LogP contribution in [0.4, 0.5) is 10.1 Å². The van der Waals surface area contributed by atoms with Gasteiger partial charge in [0.15, 0.2) is 0 Å². The van der Waals surface area contributed by atoms with E-state index in [2.05, 4.69) is 4.72 Å². The average Bonchev–Trinajstić information content (AvgIpc) is 2.31. The zero-order chi connectivity index (χ0) is 14.0. The van der Waals surface area contributed by atoms with Crippen molar-refractivity contribution < 1.29 is 12.8 Å². The molecule has 19 heavy (non-hydrogen) atoms. The highest BCUT2D eigenvalue weighted by atomic mass is 35.5. The lowest BCUT2D eigenvalue weighted by Crippen LogP contribution is -2.14. The first-order valence-electron chi connectivity index (χ1n) is 5.43. The minimum Gasteiger partial charge on any atom is -0.280 e. The first-order chi connectivity index (χ1) is 8.88. The lowest BCUT2D eigenvalue weighted by atomic mass is 10.2. The van der Waals surface area contributed by atoms with Gasteiger partial charge in [-0.05, 0) is 42.8 Å². The Morgan fingerprint density at radius 1 is 1.16 bits per heavy atom. The highest BCUT2D eigenvalue weighted by molar-refractivity contribution is 7.92. The van der Waals surface area contributed by atoms with Crippen molar-refractivity contribution in [1.82, 2.24) is 0 Å². The van der Waals surface area contributed by atoms with Crippen molar-refractivity contribution in [3.05, 3.63) is 58.9 Å². The number of halogens is 2. The standard InChI is InChI=1S/C13H11ClFNO2S/c1-9-5-6-10(14)7-13(9)19(17,18)16-12-4-2-3-11(15)8-12/h2-8,16H,1H3. The zero-order valence-corrected chi connectivity index (χ0v) is 11.6. The first-order valence-corrected chi connectivity index (χ1v) is 7.29. The molecule has 0 fully saturated rings. The molecule has 0 spiro atoms. The summed E-state index contributed by atoms with van der Waals surface area (Å²) in [5.74, 6) is -0.511. The van der Waals surface area contributed by atoms with Gasteiger partial charge in [0.05, 0.1) is 10.6 Å². The molecule has 0 aliphatic carbocycles. The normalized spacial score (nSPS) is 11.3. The van der Waals surface area contributed by atoms with Gasteiger partial charge < -0.3 is 0 Å². The Morgan fingerprint density at radius 3 is 2.58 bits per heavy atom. The third-order valence-corrected chi connectivity index (χ3v) is 4.27. The van der Waals surface area contributed by atoms with Crippen molar-refractivity contribution >= 4 is 27.3 Å². The van der Waals surface area contributed by atoms with E-state index in [1.165, 1.54) is 24.3 Å². The number of benzene rings is 2. The summed E-state index contributed by atoms with van der Waals surface area (Å²) in [5, 5.41) is 0.324. The van der Waals surface area contributed by atoms with Crippen LogP contribution in [0.15, 0.2) is 47.4 Å². The molecule has 0 radical (unpaired) electrons. The number of anilines is 1. The molecule has 2 aromatic carbocycles. The van der Waals surface area contributed by atoms with Crippen LogP contribution in [0.25, 0.3) is 0 Å². The van der Waals surface area contributed by atoms with Crippen LogP contribution in [0.3, 0.4) is 0 Å². The van der Waals surface area contributed by atoms with Gasteiger partial charge in [-0.15, -0.1) is 0 Å². The van der Waals surface area contributed by atoms with Gasteiger partial charge >= 0.3 is 0 Å². The third kappa shape index (κ3) is 3.24. The van der Waals surface area contributed by atoms with E-state index in [0.717, 1.165) is 6.07 Å². The van der Waals surface area contributed by atoms with Crippen LogP contribution in [-0.2, 0) is 10.0 Å². The lowest BCUT2D eigenvalue weighted by molar-refractivity contribution is 0.600. The molecule has 2 rings (SSSR count).